The minimum absolute atomic E-state index is 0.257. The predicted octanol–water partition coefficient (Wildman–Crippen LogP) is 10.7. The number of rotatable bonds is 6. The summed E-state index contributed by atoms with van der Waals surface area (Å²) in [7, 11) is 16.6. The Bertz CT molecular complexity index is 1660. The molecule has 0 aromatic heterocycles. The van der Waals surface area contributed by atoms with Crippen molar-refractivity contribution >= 4 is 50.6 Å². The number of aromatic hydroxyl groups is 1. The molecule has 0 spiro atoms. The van der Waals surface area contributed by atoms with Crippen molar-refractivity contribution in [2.45, 2.75) is 26.2 Å². The summed E-state index contributed by atoms with van der Waals surface area (Å²) in [5.74, 6) is 1.09. The van der Waals surface area contributed by atoms with Crippen LogP contribution in [0.3, 0.4) is 0 Å². The number of aryl methyl sites for hydroxylation is 1. The number of ether oxygens (including phenoxy) is 1. The molecule has 0 radical (unpaired) electrons. The number of aliphatic imine (C=N–C) groups is 1. The molecule has 209 valence electrons. The number of hydrogen-bond donors (Lipinski definition) is 1. The van der Waals surface area contributed by atoms with Gasteiger partial charge in [-0.15, -0.1) is 0 Å². The Morgan fingerprint density at radius 2 is 1.41 bits per heavy atom. The van der Waals surface area contributed by atoms with Gasteiger partial charge < -0.3 is 9.84 Å². The van der Waals surface area contributed by atoms with Crippen molar-refractivity contribution in [3.63, 3.8) is 0 Å². The molecule has 0 atom stereocenters. The predicted molar refractivity (Wildman–Crippen MR) is 172 cm³/mol. The number of phenols is 1. The Hall–Kier alpha value is -2.79. The van der Waals surface area contributed by atoms with Crippen LogP contribution in [0.25, 0.3) is 21.9 Å². The molecule has 7 heteroatoms. The third-order valence-corrected chi connectivity index (χ3v) is 7.08. The topological polar surface area (TPSA) is 41.8 Å². The molecular formula is C34H31Cl3NO2Ti. The van der Waals surface area contributed by atoms with E-state index in [9.17, 15) is 5.11 Å². The Labute approximate surface area is 259 Å². The molecule has 0 aliphatic rings. The number of benzene rings is 5. The first-order valence-electron chi connectivity index (χ1n) is 13.1. The first-order valence-corrected chi connectivity index (χ1v) is 19.5. The van der Waals surface area contributed by atoms with Gasteiger partial charge in [-0.25, -0.2) is 0 Å². The Balaban J connectivity index is 0.000000909. The summed E-state index contributed by atoms with van der Waals surface area (Å²) < 4.78 is 5.70. The van der Waals surface area contributed by atoms with Crippen molar-refractivity contribution in [2.24, 2.45) is 4.99 Å². The second-order valence-electron chi connectivity index (χ2n) is 10.1. The summed E-state index contributed by atoms with van der Waals surface area (Å²) in [6, 6.07) is 34.7. The summed E-state index contributed by atoms with van der Waals surface area (Å²) >= 11 is -1.92. The quantitative estimate of drug-likeness (QED) is 0.148. The minimum atomic E-state index is -1.92. The first kappa shape index (κ1) is 31.2. The van der Waals surface area contributed by atoms with E-state index in [0.29, 0.717) is 5.56 Å². The molecule has 0 unspecified atom stereocenters. The van der Waals surface area contributed by atoms with Crippen LogP contribution in [0.5, 0.6) is 11.5 Å². The van der Waals surface area contributed by atoms with Crippen molar-refractivity contribution in [3.8, 4) is 22.6 Å². The van der Waals surface area contributed by atoms with Crippen molar-refractivity contribution in [2.75, 3.05) is 7.11 Å². The summed E-state index contributed by atoms with van der Waals surface area (Å²) in [6.07, 6.45) is 1.77. The van der Waals surface area contributed by atoms with E-state index in [1.807, 2.05) is 54.6 Å². The number of phenolic OH excluding ortho intramolecular Hbond substituents is 1. The van der Waals surface area contributed by atoms with Crippen LogP contribution < -0.4 is 4.74 Å². The van der Waals surface area contributed by atoms with Gasteiger partial charge in [0.15, 0.2) is 0 Å². The SMILES string of the molecule is COc1cccc2cccc(-c3ccccc3N=Cc3cc(C)cc(C(C)(C)c4ccccc4)c3O)c12.[Cl][Ti]([Cl])[Cl]. The normalized spacial score (nSPS) is 11.3. The van der Waals surface area contributed by atoms with Crippen molar-refractivity contribution in [1.29, 1.82) is 0 Å². The van der Waals surface area contributed by atoms with Crippen LogP contribution in [0, 0.1) is 6.92 Å². The van der Waals surface area contributed by atoms with Gasteiger partial charge in [0.2, 0.25) is 0 Å². The van der Waals surface area contributed by atoms with Crippen molar-refractivity contribution in [1.82, 2.24) is 0 Å². The summed E-state index contributed by atoms with van der Waals surface area (Å²) in [5, 5.41) is 13.5. The van der Waals surface area contributed by atoms with E-state index in [-0.39, 0.29) is 11.2 Å². The third kappa shape index (κ3) is 7.35. The van der Waals surface area contributed by atoms with Crippen LogP contribution in [0.1, 0.15) is 36.1 Å². The summed E-state index contributed by atoms with van der Waals surface area (Å²) in [5.41, 5.74) is 6.33. The molecule has 0 amide bonds. The number of fused-ring (bicyclic) bond motifs is 1. The molecule has 0 saturated carbocycles. The van der Waals surface area contributed by atoms with E-state index in [4.69, 9.17) is 37.6 Å². The third-order valence-electron chi connectivity index (χ3n) is 7.08. The standard InChI is InChI=1S/C34H31NO2.3ClH.Ti/c1-23-20-25(33(36)29(21-23)34(2,3)26-14-6-5-7-15-26)22-35-30-18-9-8-16-27(30)28-17-10-12-24-13-11-19-31(37-4)32(24)28;;;;/h5-22,36H,1-4H3;3*1H;/q;;;;+3/p-3. The van der Waals surface area contributed by atoms with E-state index in [0.717, 1.165) is 50.0 Å². The first-order chi connectivity index (χ1) is 19.6. The van der Waals surface area contributed by atoms with Crippen LogP contribution in [-0.4, -0.2) is 18.4 Å². The fraction of sp³-hybridized carbons (Fsp3) is 0.147. The second-order valence-corrected chi connectivity index (χ2v) is 17.8. The van der Waals surface area contributed by atoms with Gasteiger partial charge in [0.1, 0.15) is 11.5 Å². The maximum absolute atomic E-state index is 11.4. The van der Waals surface area contributed by atoms with Crippen LogP contribution in [0.15, 0.2) is 108 Å². The molecule has 5 aromatic rings. The van der Waals surface area contributed by atoms with Gasteiger partial charge in [-0.1, -0.05) is 98.8 Å². The van der Waals surface area contributed by atoms with E-state index >= 15 is 0 Å². The number of nitrogens with zero attached hydrogens (tertiary/aromatic N) is 1. The fourth-order valence-electron chi connectivity index (χ4n) is 5.05. The second kappa shape index (κ2) is 13.9. The monoisotopic (exact) mass is 638 g/mol. The molecule has 41 heavy (non-hydrogen) atoms. The molecule has 5 aromatic carbocycles. The molecule has 0 aliphatic heterocycles. The van der Waals surface area contributed by atoms with E-state index in [2.05, 4.69) is 69.3 Å². The Kier molecular flexibility index (Phi) is 10.6. The molecule has 5 rings (SSSR count). The van der Waals surface area contributed by atoms with Gasteiger partial charge >= 0.3 is 42.6 Å². The number of hydrogen-bond acceptors (Lipinski definition) is 3. The van der Waals surface area contributed by atoms with Crippen LogP contribution >= 0.6 is 27.9 Å². The summed E-state index contributed by atoms with van der Waals surface area (Å²) in [6.45, 7) is 6.33. The number of para-hydroxylation sites is 1. The zero-order valence-electron chi connectivity index (χ0n) is 23.3. The summed E-state index contributed by atoms with van der Waals surface area (Å²) in [4.78, 5) is 4.89. The molecule has 0 heterocycles. The van der Waals surface area contributed by atoms with Gasteiger partial charge in [0, 0.05) is 33.7 Å². The zero-order chi connectivity index (χ0) is 29.6. The van der Waals surface area contributed by atoms with Crippen LogP contribution in [-0.2, 0) is 20.1 Å². The van der Waals surface area contributed by atoms with E-state index < -0.39 is 14.7 Å². The van der Waals surface area contributed by atoms with Crippen LogP contribution in [0.2, 0.25) is 0 Å². The molecule has 0 bridgehead atoms. The van der Waals surface area contributed by atoms with E-state index in [1.165, 1.54) is 0 Å². The van der Waals surface area contributed by atoms with Gasteiger partial charge in [0.25, 0.3) is 0 Å². The molecule has 1 N–H and O–H groups in total. The maximum atomic E-state index is 11.4. The zero-order valence-corrected chi connectivity index (χ0v) is 27.2. The van der Waals surface area contributed by atoms with Gasteiger partial charge in [-0.05, 0) is 47.2 Å². The van der Waals surface area contributed by atoms with E-state index in [1.54, 1.807) is 13.3 Å². The Morgan fingerprint density at radius 1 is 0.805 bits per heavy atom. The van der Waals surface area contributed by atoms with Gasteiger partial charge in [0.05, 0.1) is 12.8 Å². The molecule has 3 nitrogen and oxygen atoms in total. The fourth-order valence-corrected chi connectivity index (χ4v) is 5.05. The molecule has 0 saturated heterocycles. The Morgan fingerprint density at radius 3 is 2.10 bits per heavy atom. The van der Waals surface area contributed by atoms with Gasteiger partial charge in [-0.2, -0.15) is 0 Å². The average molecular weight is 640 g/mol. The van der Waals surface area contributed by atoms with Gasteiger partial charge in [-0.3, -0.25) is 4.99 Å². The average Bonchev–Trinajstić information content (AvgIpc) is 2.97. The molecule has 0 aliphatic carbocycles. The van der Waals surface area contributed by atoms with Crippen molar-refractivity contribution in [3.05, 3.63) is 125 Å². The molecule has 0 fully saturated rings. The van der Waals surface area contributed by atoms with Crippen molar-refractivity contribution < 1.29 is 24.5 Å². The number of halogens is 3. The van der Waals surface area contributed by atoms with Crippen LogP contribution in [0.4, 0.5) is 5.69 Å². The molecular weight excluding hydrogens is 609 g/mol. The number of methoxy groups -OCH3 is 1.